The van der Waals surface area contributed by atoms with Crippen LogP contribution in [0.4, 0.5) is 29.1 Å². The highest BCUT2D eigenvalue weighted by Gasteiger charge is 2.36. The molecule has 1 aliphatic heterocycles. The van der Waals surface area contributed by atoms with Gasteiger partial charge in [-0.3, -0.25) is 13.9 Å². The first-order chi connectivity index (χ1) is 17.1. The summed E-state index contributed by atoms with van der Waals surface area (Å²) in [4.78, 5) is 27.6. The first kappa shape index (κ1) is 25.1. The number of aliphatic hydroxyl groups excluding tert-OH is 1. The quantitative estimate of drug-likeness (QED) is 0.450. The lowest BCUT2D eigenvalue weighted by atomic mass is 10.2. The number of rotatable bonds is 8. The Labute approximate surface area is 201 Å². The van der Waals surface area contributed by atoms with Gasteiger partial charge in [-0.15, -0.1) is 13.2 Å². The summed E-state index contributed by atoms with van der Waals surface area (Å²) in [7, 11) is 1.46. The molecule has 3 aromatic rings. The van der Waals surface area contributed by atoms with E-state index in [0.29, 0.717) is 5.56 Å². The van der Waals surface area contributed by atoms with Crippen LogP contribution in [0.3, 0.4) is 0 Å². The molecule has 0 aliphatic carbocycles. The fraction of sp³-hybridized carbons (Fsp3) is 0.304. The number of ether oxygens (including phenoxy) is 2. The van der Waals surface area contributed by atoms with Crippen LogP contribution in [-0.2, 0) is 20.1 Å². The van der Waals surface area contributed by atoms with Crippen molar-refractivity contribution in [2.45, 2.75) is 32.2 Å². The highest BCUT2D eigenvalue weighted by atomic mass is 19.4. The van der Waals surface area contributed by atoms with Gasteiger partial charge in [-0.25, -0.2) is 9.18 Å². The topological polar surface area (TPSA) is 98.0 Å². The van der Waals surface area contributed by atoms with Crippen LogP contribution in [0.15, 0.2) is 58.1 Å². The third kappa shape index (κ3) is 5.30. The Morgan fingerprint density at radius 2 is 1.67 bits per heavy atom. The number of alkyl halides is 3. The zero-order valence-corrected chi connectivity index (χ0v) is 19.0. The Kier molecular flexibility index (Phi) is 6.93. The molecule has 2 aromatic carbocycles. The van der Waals surface area contributed by atoms with Crippen LogP contribution < -0.4 is 30.9 Å². The molecule has 4 rings (SSSR count). The minimum absolute atomic E-state index is 0.00807. The second-order valence-corrected chi connectivity index (χ2v) is 7.96. The predicted octanol–water partition coefficient (Wildman–Crippen LogP) is 2.76. The monoisotopic (exact) mass is 510 g/mol. The molecule has 2 N–H and O–H groups in total. The van der Waals surface area contributed by atoms with Gasteiger partial charge in [0.15, 0.2) is 0 Å². The van der Waals surface area contributed by atoms with E-state index in [9.17, 15) is 27.2 Å². The van der Waals surface area contributed by atoms with Gasteiger partial charge in [0.25, 0.3) is 11.9 Å². The number of benzene rings is 2. The van der Waals surface area contributed by atoms with Crippen LogP contribution >= 0.6 is 0 Å². The van der Waals surface area contributed by atoms with Gasteiger partial charge in [0.1, 0.15) is 28.8 Å². The summed E-state index contributed by atoms with van der Waals surface area (Å²) in [5.41, 5.74) is -0.475. The van der Waals surface area contributed by atoms with Gasteiger partial charge < -0.3 is 24.8 Å². The lowest BCUT2D eigenvalue weighted by molar-refractivity contribution is -0.274. The summed E-state index contributed by atoms with van der Waals surface area (Å²) in [6.07, 6.45) is -5.69. The molecular formula is C23H22F4N4O5. The highest BCUT2D eigenvalue weighted by Crippen LogP contribution is 2.33. The molecule has 0 amide bonds. The van der Waals surface area contributed by atoms with E-state index in [2.05, 4.69) is 10.1 Å². The van der Waals surface area contributed by atoms with Crippen molar-refractivity contribution in [2.24, 2.45) is 7.05 Å². The van der Waals surface area contributed by atoms with Crippen LogP contribution in [0, 0.1) is 5.82 Å². The van der Waals surface area contributed by atoms with Crippen molar-refractivity contribution in [3.05, 3.63) is 80.7 Å². The van der Waals surface area contributed by atoms with Gasteiger partial charge in [-0.2, -0.15) is 0 Å². The van der Waals surface area contributed by atoms with Crippen LogP contribution in [0.1, 0.15) is 12.0 Å². The molecule has 1 atom stereocenters. The van der Waals surface area contributed by atoms with Gasteiger partial charge in [-0.1, -0.05) is 12.1 Å². The van der Waals surface area contributed by atoms with Gasteiger partial charge in [0.2, 0.25) is 0 Å². The van der Waals surface area contributed by atoms with E-state index in [1.165, 1.54) is 52.9 Å². The van der Waals surface area contributed by atoms with Crippen molar-refractivity contribution in [3.8, 4) is 11.5 Å². The second-order valence-electron chi connectivity index (χ2n) is 7.96. The molecule has 0 saturated heterocycles. The molecule has 0 bridgehead atoms. The Hall–Kier alpha value is -4.00. The molecule has 13 heteroatoms. The number of halogens is 4. The van der Waals surface area contributed by atoms with E-state index in [1.54, 1.807) is 0 Å². The number of fused-ring (bicyclic) bond motifs is 1. The maximum Gasteiger partial charge on any atom is 0.573 e. The first-order valence-corrected chi connectivity index (χ1v) is 10.8. The number of aliphatic hydroxyl groups is 1. The summed E-state index contributed by atoms with van der Waals surface area (Å²) in [5.74, 6) is -0.546. The number of nitrogens with zero attached hydrogens (tertiary/aromatic N) is 3. The third-order valence-electron chi connectivity index (χ3n) is 5.47. The lowest BCUT2D eigenvalue weighted by Gasteiger charge is -2.26. The summed E-state index contributed by atoms with van der Waals surface area (Å²) in [5, 5.41) is 12.1. The number of anilines is 2. The maximum atomic E-state index is 13.4. The molecule has 1 aromatic heterocycles. The Morgan fingerprint density at radius 1 is 1.03 bits per heavy atom. The maximum absolute atomic E-state index is 13.4. The van der Waals surface area contributed by atoms with Crippen molar-refractivity contribution in [1.82, 2.24) is 9.13 Å². The SMILES string of the molecule is Cn1c2c(c(=O)n(CCCO)c1=O)N(Cc1ccc(F)cc1)C(Oc1ccc(OC(F)(F)F)cc1)N2. The largest absolute Gasteiger partial charge is 0.573 e. The summed E-state index contributed by atoms with van der Waals surface area (Å²) in [6.45, 7) is -0.149. The fourth-order valence-corrected chi connectivity index (χ4v) is 3.80. The summed E-state index contributed by atoms with van der Waals surface area (Å²) in [6, 6.07) is 10.3. The third-order valence-corrected chi connectivity index (χ3v) is 5.47. The number of aromatic nitrogens is 2. The zero-order valence-electron chi connectivity index (χ0n) is 19.0. The average Bonchev–Trinajstić information content (AvgIpc) is 3.17. The van der Waals surface area contributed by atoms with Crippen molar-refractivity contribution < 1.29 is 32.1 Å². The van der Waals surface area contributed by atoms with Crippen molar-refractivity contribution in [1.29, 1.82) is 0 Å². The molecule has 9 nitrogen and oxygen atoms in total. The van der Waals surface area contributed by atoms with Crippen molar-refractivity contribution in [2.75, 3.05) is 16.8 Å². The van der Waals surface area contributed by atoms with Gasteiger partial charge in [-0.05, 0) is 48.4 Å². The van der Waals surface area contributed by atoms with E-state index in [0.717, 1.165) is 16.7 Å². The Bertz CT molecular complexity index is 1340. The van der Waals surface area contributed by atoms with E-state index < -0.39 is 35.5 Å². The molecular weight excluding hydrogens is 488 g/mol. The normalized spacial score (nSPS) is 14.9. The molecule has 0 saturated carbocycles. The number of hydrogen-bond donors (Lipinski definition) is 2. The molecule has 0 spiro atoms. The molecule has 2 heterocycles. The van der Waals surface area contributed by atoms with E-state index >= 15 is 0 Å². The fourth-order valence-electron chi connectivity index (χ4n) is 3.80. The van der Waals surface area contributed by atoms with Crippen molar-refractivity contribution in [3.63, 3.8) is 0 Å². The van der Waals surface area contributed by atoms with E-state index in [1.807, 2.05) is 0 Å². The minimum Gasteiger partial charge on any atom is -0.452 e. The van der Waals surface area contributed by atoms with Crippen LogP contribution in [0.2, 0.25) is 0 Å². The Morgan fingerprint density at radius 3 is 2.28 bits per heavy atom. The van der Waals surface area contributed by atoms with Gasteiger partial charge >= 0.3 is 12.1 Å². The minimum atomic E-state index is -4.84. The van der Waals surface area contributed by atoms with E-state index in [4.69, 9.17) is 9.84 Å². The molecule has 36 heavy (non-hydrogen) atoms. The summed E-state index contributed by atoms with van der Waals surface area (Å²) < 4.78 is 62.8. The standard InChI is InChI=1S/C23H22F4N4O5/c1-29-19-18(20(33)30(22(29)34)11-2-12-32)31(13-14-3-5-15(24)6-4-14)21(28-19)35-16-7-9-17(10-8-16)36-23(25,26)27/h3-10,21,28,32H,2,11-13H2,1H3. The molecule has 1 aliphatic rings. The van der Waals surface area contributed by atoms with Crippen LogP contribution in [-0.4, -0.2) is 33.6 Å². The molecule has 192 valence electrons. The molecule has 1 unspecified atom stereocenters. The van der Waals surface area contributed by atoms with Gasteiger partial charge in [0, 0.05) is 26.7 Å². The van der Waals surface area contributed by atoms with Crippen LogP contribution in [0.25, 0.3) is 0 Å². The van der Waals surface area contributed by atoms with Crippen molar-refractivity contribution >= 4 is 11.5 Å². The highest BCUT2D eigenvalue weighted by molar-refractivity contribution is 5.71. The van der Waals surface area contributed by atoms with Gasteiger partial charge in [0.05, 0.1) is 0 Å². The average molecular weight is 510 g/mol. The summed E-state index contributed by atoms with van der Waals surface area (Å²) >= 11 is 0. The second kappa shape index (κ2) is 9.93. The van der Waals surface area contributed by atoms with Crippen LogP contribution in [0.5, 0.6) is 11.5 Å². The zero-order chi connectivity index (χ0) is 26.0. The Balaban J connectivity index is 1.70. The predicted molar refractivity (Wildman–Crippen MR) is 121 cm³/mol. The van der Waals surface area contributed by atoms with E-state index in [-0.39, 0.29) is 43.4 Å². The smallest absolute Gasteiger partial charge is 0.452 e. The number of nitrogens with one attached hydrogen (secondary N) is 1. The number of hydrogen-bond acceptors (Lipinski definition) is 7. The molecule has 0 fully saturated rings. The molecule has 0 radical (unpaired) electrons. The lowest BCUT2D eigenvalue weighted by Crippen LogP contribution is -2.43. The first-order valence-electron chi connectivity index (χ1n) is 10.8.